The third kappa shape index (κ3) is 5.24. The van der Waals surface area contributed by atoms with Crippen LogP contribution in [-0.2, 0) is 4.79 Å². The molecule has 0 spiro atoms. The second kappa shape index (κ2) is 8.02. The first-order valence-electron chi connectivity index (χ1n) is 6.52. The van der Waals surface area contributed by atoms with Crippen molar-refractivity contribution < 1.29 is 14.7 Å². The van der Waals surface area contributed by atoms with Crippen molar-refractivity contribution in [3.05, 3.63) is 29.6 Å². The lowest BCUT2D eigenvalue weighted by Crippen LogP contribution is -2.44. The van der Waals surface area contributed by atoms with Crippen LogP contribution in [0.15, 0.2) is 18.5 Å². The standard InChI is InChI=1S/C15H19N3O3/c1-11(15(21)18(2)3)17-14(20)13-8-12(9-16-10-13)6-4-5-7-19/h8-11,19H,5,7H2,1-3H3,(H,17,20). The molecule has 0 aromatic carbocycles. The van der Waals surface area contributed by atoms with E-state index in [1.54, 1.807) is 27.1 Å². The summed E-state index contributed by atoms with van der Waals surface area (Å²) in [5.74, 6) is 5.00. The van der Waals surface area contributed by atoms with Crippen molar-refractivity contribution in [2.45, 2.75) is 19.4 Å². The summed E-state index contributed by atoms with van der Waals surface area (Å²) >= 11 is 0. The summed E-state index contributed by atoms with van der Waals surface area (Å²) in [6.45, 7) is 1.61. The average Bonchev–Trinajstić information content (AvgIpc) is 2.46. The highest BCUT2D eigenvalue weighted by Gasteiger charge is 2.18. The number of carbonyl (C=O) groups is 2. The van der Waals surface area contributed by atoms with Crippen molar-refractivity contribution in [1.82, 2.24) is 15.2 Å². The van der Waals surface area contributed by atoms with Crippen LogP contribution in [0.25, 0.3) is 0 Å². The topological polar surface area (TPSA) is 82.5 Å². The molecule has 21 heavy (non-hydrogen) atoms. The van der Waals surface area contributed by atoms with Gasteiger partial charge < -0.3 is 15.3 Å². The second-order valence-electron chi connectivity index (χ2n) is 4.67. The Balaban J connectivity index is 2.77. The second-order valence-corrected chi connectivity index (χ2v) is 4.67. The van der Waals surface area contributed by atoms with E-state index in [0.29, 0.717) is 17.5 Å². The molecule has 1 heterocycles. The number of hydrogen-bond acceptors (Lipinski definition) is 4. The predicted molar refractivity (Wildman–Crippen MR) is 78.4 cm³/mol. The van der Waals surface area contributed by atoms with E-state index in [1.165, 1.54) is 17.3 Å². The Kier molecular flexibility index (Phi) is 6.37. The minimum Gasteiger partial charge on any atom is -0.395 e. The Morgan fingerprint density at radius 3 is 2.76 bits per heavy atom. The number of carbonyl (C=O) groups excluding carboxylic acids is 2. The van der Waals surface area contributed by atoms with Crippen molar-refractivity contribution in [2.75, 3.05) is 20.7 Å². The number of likely N-dealkylation sites (N-methyl/N-ethyl adjacent to an activating group) is 1. The molecule has 6 nitrogen and oxygen atoms in total. The maximum absolute atomic E-state index is 12.1. The summed E-state index contributed by atoms with van der Waals surface area (Å²) in [7, 11) is 3.26. The van der Waals surface area contributed by atoms with Gasteiger partial charge in [0.2, 0.25) is 5.91 Å². The van der Waals surface area contributed by atoms with Crippen LogP contribution in [0.5, 0.6) is 0 Å². The van der Waals surface area contributed by atoms with Gasteiger partial charge in [0, 0.05) is 38.5 Å². The number of aliphatic hydroxyl groups is 1. The highest BCUT2D eigenvalue weighted by molar-refractivity contribution is 5.97. The zero-order valence-corrected chi connectivity index (χ0v) is 12.4. The van der Waals surface area contributed by atoms with Crippen molar-refractivity contribution >= 4 is 11.8 Å². The van der Waals surface area contributed by atoms with Crippen LogP contribution in [0, 0.1) is 11.8 Å². The van der Waals surface area contributed by atoms with Gasteiger partial charge in [-0.1, -0.05) is 11.8 Å². The van der Waals surface area contributed by atoms with E-state index >= 15 is 0 Å². The van der Waals surface area contributed by atoms with Crippen LogP contribution < -0.4 is 5.32 Å². The lowest BCUT2D eigenvalue weighted by Gasteiger charge is -2.17. The van der Waals surface area contributed by atoms with Gasteiger partial charge in [-0.25, -0.2) is 0 Å². The van der Waals surface area contributed by atoms with E-state index < -0.39 is 6.04 Å². The molecule has 1 aromatic heterocycles. The molecular weight excluding hydrogens is 270 g/mol. The van der Waals surface area contributed by atoms with E-state index in [2.05, 4.69) is 22.1 Å². The van der Waals surface area contributed by atoms with Gasteiger partial charge in [-0.05, 0) is 13.0 Å². The monoisotopic (exact) mass is 289 g/mol. The van der Waals surface area contributed by atoms with Crippen LogP contribution in [0.2, 0.25) is 0 Å². The van der Waals surface area contributed by atoms with E-state index in [1.807, 2.05) is 0 Å². The largest absolute Gasteiger partial charge is 0.395 e. The lowest BCUT2D eigenvalue weighted by molar-refractivity contribution is -0.130. The molecule has 1 unspecified atom stereocenters. The lowest BCUT2D eigenvalue weighted by atomic mass is 10.2. The Hall–Kier alpha value is -2.39. The van der Waals surface area contributed by atoms with Gasteiger partial charge in [0.05, 0.1) is 12.2 Å². The molecule has 0 saturated carbocycles. The number of rotatable bonds is 4. The molecule has 0 aliphatic heterocycles. The number of hydrogen-bond donors (Lipinski definition) is 2. The molecule has 112 valence electrons. The van der Waals surface area contributed by atoms with Crippen LogP contribution >= 0.6 is 0 Å². The fraction of sp³-hybridized carbons (Fsp3) is 0.400. The smallest absolute Gasteiger partial charge is 0.253 e. The van der Waals surface area contributed by atoms with Gasteiger partial charge in [-0.2, -0.15) is 0 Å². The molecule has 0 radical (unpaired) electrons. The predicted octanol–water partition coefficient (Wildman–Crippen LogP) is 0.0220. The van der Waals surface area contributed by atoms with Crippen molar-refractivity contribution in [2.24, 2.45) is 0 Å². The van der Waals surface area contributed by atoms with E-state index in [-0.39, 0.29) is 18.4 Å². The van der Waals surface area contributed by atoms with Crippen LogP contribution in [0.3, 0.4) is 0 Å². The highest BCUT2D eigenvalue weighted by Crippen LogP contribution is 2.02. The normalized spacial score (nSPS) is 11.0. The van der Waals surface area contributed by atoms with Gasteiger partial charge in [-0.15, -0.1) is 0 Å². The van der Waals surface area contributed by atoms with Gasteiger partial charge >= 0.3 is 0 Å². The van der Waals surface area contributed by atoms with Gasteiger partial charge in [-0.3, -0.25) is 14.6 Å². The minimum absolute atomic E-state index is 0.00916. The molecule has 0 bridgehead atoms. The quantitative estimate of drug-likeness (QED) is 0.766. The first kappa shape index (κ1) is 16.7. The molecule has 1 atom stereocenters. The third-order valence-corrected chi connectivity index (χ3v) is 2.63. The van der Waals surface area contributed by atoms with Crippen LogP contribution in [-0.4, -0.2) is 53.5 Å². The molecule has 1 aromatic rings. The number of amides is 2. The Morgan fingerprint density at radius 1 is 1.43 bits per heavy atom. The zero-order chi connectivity index (χ0) is 15.8. The highest BCUT2D eigenvalue weighted by atomic mass is 16.2. The summed E-state index contributed by atoms with van der Waals surface area (Å²) in [6, 6.07) is 0.983. The number of nitrogens with one attached hydrogen (secondary N) is 1. The summed E-state index contributed by atoms with van der Waals surface area (Å²) < 4.78 is 0. The number of aliphatic hydroxyl groups excluding tert-OH is 1. The summed E-state index contributed by atoms with van der Waals surface area (Å²) in [6.07, 6.45) is 3.32. The zero-order valence-electron chi connectivity index (χ0n) is 12.4. The Labute approximate surface area is 124 Å². The van der Waals surface area contributed by atoms with Crippen molar-refractivity contribution in [3.63, 3.8) is 0 Å². The first-order chi connectivity index (χ1) is 9.95. The Morgan fingerprint density at radius 2 is 2.14 bits per heavy atom. The molecule has 2 amide bonds. The SMILES string of the molecule is CC(NC(=O)c1cncc(C#CCCO)c1)C(=O)N(C)C. The fourth-order valence-corrected chi connectivity index (χ4v) is 1.58. The molecule has 0 fully saturated rings. The van der Waals surface area contributed by atoms with Crippen molar-refractivity contribution in [3.8, 4) is 11.8 Å². The fourth-order valence-electron chi connectivity index (χ4n) is 1.58. The maximum Gasteiger partial charge on any atom is 0.253 e. The molecule has 6 heteroatoms. The molecule has 2 N–H and O–H groups in total. The number of pyridine rings is 1. The van der Waals surface area contributed by atoms with Gasteiger partial charge in [0.1, 0.15) is 6.04 Å². The minimum atomic E-state index is -0.614. The maximum atomic E-state index is 12.1. The molecular formula is C15H19N3O3. The molecule has 1 rings (SSSR count). The van der Waals surface area contributed by atoms with Crippen molar-refractivity contribution in [1.29, 1.82) is 0 Å². The number of aromatic nitrogens is 1. The summed E-state index contributed by atoms with van der Waals surface area (Å²) in [5, 5.41) is 11.3. The third-order valence-electron chi connectivity index (χ3n) is 2.63. The summed E-state index contributed by atoms with van der Waals surface area (Å²) in [5.41, 5.74) is 0.923. The van der Waals surface area contributed by atoms with E-state index in [4.69, 9.17) is 5.11 Å². The van der Waals surface area contributed by atoms with Crippen LogP contribution in [0.1, 0.15) is 29.3 Å². The van der Waals surface area contributed by atoms with Crippen LogP contribution in [0.4, 0.5) is 0 Å². The van der Waals surface area contributed by atoms with E-state index in [0.717, 1.165) is 0 Å². The molecule has 0 saturated heterocycles. The van der Waals surface area contributed by atoms with Gasteiger partial charge in [0.15, 0.2) is 0 Å². The molecule has 0 aliphatic rings. The average molecular weight is 289 g/mol. The van der Waals surface area contributed by atoms with E-state index in [9.17, 15) is 9.59 Å². The Bertz CT molecular complexity index is 573. The van der Waals surface area contributed by atoms with Gasteiger partial charge in [0.25, 0.3) is 5.91 Å². The number of nitrogens with zero attached hydrogens (tertiary/aromatic N) is 2. The first-order valence-corrected chi connectivity index (χ1v) is 6.52. The molecule has 0 aliphatic carbocycles. The summed E-state index contributed by atoms with van der Waals surface area (Å²) in [4.78, 5) is 29.1.